The lowest BCUT2D eigenvalue weighted by molar-refractivity contribution is -0.118. The molecule has 0 spiro atoms. The fraction of sp³-hybridized carbons (Fsp3) is 0.750. The lowest BCUT2D eigenvalue weighted by Gasteiger charge is -2.14. The molecule has 1 aliphatic heterocycles. The highest BCUT2D eigenvalue weighted by atomic mass is 32.2. The van der Waals surface area contributed by atoms with E-state index in [1.54, 1.807) is 0 Å². The minimum absolute atomic E-state index is 0.135. The fourth-order valence-electron chi connectivity index (χ4n) is 1.21. The molecule has 2 atom stereocenters. The Morgan fingerprint density at radius 3 is 2.62 bits per heavy atom. The van der Waals surface area contributed by atoms with E-state index in [2.05, 4.69) is 0 Å². The summed E-state index contributed by atoms with van der Waals surface area (Å²) in [7, 11) is -4.52. The fourth-order valence-corrected chi connectivity index (χ4v) is 2.57. The van der Waals surface area contributed by atoms with Gasteiger partial charge in [0.05, 0.1) is 12.6 Å². The highest BCUT2D eigenvalue weighted by Crippen LogP contribution is 2.28. The molecule has 1 heterocycles. The molecule has 0 aromatic carbocycles. The van der Waals surface area contributed by atoms with Crippen LogP contribution in [0.25, 0.3) is 0 Å². The van der Waals surface area contributed by atoms with Crippen molar-refractivity contribution in [1.82, 2.24) is 0 Å². The maximum Gasteiger partial charge on any atom is 0.283 e. The Hall–Kier alpha value is -0.150. The maximum absolute atomic E-state index is 11.7. The summed E-state index contributed by atoms with van der Waals surface area (Å²) in [6.45, 7) is 0.135. The van der Waals surface area contributed by atoms with Crippen molar-refractivity contribution in [1.29, 1.82) is 0 Å². The first kappa shape index (κ1) is 13.9. The number of Topliss-reactive ketones (excluding diaryl/α,β-unsaturated/α-hetero) is 1. The molecule has 1 rings (SSSR count). The molecule has 1 saturated heterocycles. The lowest BCUT2D eigenvalue weighted by Crippen LogP contribution is -2.40. The molecular formula is C8H14NO5S2. The van der Waals surface area contributed by atoms with Crippen molar-refractivity contribution < 1.29 is 22.5 Å². The quantitative estimate of drug-likeness (QED) is 0.471. The molecule has 1 fully saturated rings. The molecule has 0 saturated carbocycles. The second-order valence-corrected chi connectivity index (χ2v) is 5.79. The van der Waals surface area contributed by atoms with Gasteiger partial charge in [-0.2, -0.15) is 20.2 Å². The van der Waals surface area contributed by atoms with E-state index < -0.39 is 33.3 Å². The van der Waals surface area contributed by atoms with E-state index in [-0.39, 0.29) is 6.61 Å². The van der Waals surface area contributed by atoms with Gasteiger partial charge in [0.1, 0.15) is 6.10 Å². The first-order valence-corrected chi connectivity index (χ1v) is 7.46. The van der Waals surface area contributed by atoms with Crippen LogP contribution in [-0.4, -0.2) is 49.5 Å². The summed E-state index contributed by atoms with van der Waals surface area (Å²) in [6, 6.07) is -0.909. The first-order chi connectivity index (χ1) is 7.38. The number of thioether (sulfide) groups is 1. The summed E-state index contributed by atoms with van der Waals surface area (Å²) >= 11 is 1.51. The molecule has 3 N–H and O–H groups in total. The summed E-state index contributed by atoms with van der Waals surface area (Å²) in [5.74, 6) is -0.101. The van der Waals surface area contributed by atoms with Crippen LogP contribution in [0.15, 0.2) is 0 Å². The van der Waals surface area contributed by atoms with Gasteiger partial charge in [0.25, 0.3) is 10.1 Å². The van der Waals surface area contributed by atoms with Gasteiger partial charge in [0.15, 0.2) is 5.78 Å². The van der Waals surface area contributed by atoms with Crippen LogP contribution in [0, 0.1) is 5.25 Å². The Kier molecular flexibility index (Phi) is 4.74. The number of ketones is 1. The van der Waals surface area contributed by atoms with E-state index in [1.807, 2.05) is 6.26 Å². The van der Waals surface area contributed by atoms with E-state index in [9.17, 15) is 13.2 Å². The molecule has 1 aliphatic rings. The highest BCUT2D eigenvalue weighted by molar-refractivity contribution is 7.98. The van der Waals surface area contributed by atoms with Crippen molar-refractivity contribution in [3.63, 3.8) is 0 Å². The van der Waals surface area contributed by atoms with Crippen LogP contribution >= 0.6 is 11.8 Å². The Labute approximate surface area is 98.7 Å². The number of nitrogens with two attached hydrogens (primary N) is 1. The number of epoxide rings is 1. The standard InChI is InChI=1S/C8H14NO5S2/c1-15-3-2-5(9)7(10)8(6-4-14-6)16(11,12)13/h5-6H,2-4,9H2,1H3,(H,11,12,13). The molecule has 93 valence electrons. The van der Waals surface area contributed by atoms with Crippen LogP contribution in [-0.2, 0) is 19.6 Å². The second-order valence-electron chi connectivity index (χ2n) is 3.41. The predicted molar refractivity (Wildman–Crippen MR) is 60.5 cm³/mol. The molecule has 0 aromatic rings. The summed E-state index contributed by atoms with van der Waals surface area (Å²) in [5.41, 5.74) is 5.55. The van der Waals surface area contributed by atoms with Gasteiger partial charge in [-0.15, -0.1) is 0 Å². The zero-order valence-corrected chi connectivity index (χ0v) is 10.4. The number of carbonyl (C=O) groups is 1. The van der Waals surface area contributed by atoms with Gasteiger partial charge in [-0.3, -0.25) is 9.35 Å². The van der Waals surface area contributed by atoms with Crippen LogP contribution in [0.2, 0.25) is 0 Å². The van der Waals surface area contributed by atoms with Gasteiger partial charge >= 0.3 is 0 Å². The van der Waals surface area contributed by atoms with E-state index in [0.717, 1.165) is 0 Å². The van der Waals surface area contributed by atoms with Gasteiger partial charge in [0.2, 0.25) is 5.25 Å². The van der Waals surface area contributed by atoms with Gasteiger partial charge in [-0.05, 0) is 18.4 Å². The van der Waals surface area contributed by atoms with E-state index in [1.165, 1.54) is 11.8 Å². The molecule has 0 amide bonds. The van der Waals surface area contributed by atoms with Crippen molar-refractivity contribution >= 4 is 27.7 Å². The number of ether oxygens (including phenoxy) is 1. The van der Waals surface area contributed by atoms with Gasteiger partial charge in [-0.1, -0.05) is 0 Å². The molecule has 1 radical (unpaired) electrons. The highest BCUT2D eigenvalue weighted by Gasteiger charge is 2.48. The van der Waals surface area contributed by atoms with Crippen molar-refractivity contribution in [2.24, 2.45) is 5.73 Å². The molecule has 2 unspecified atom stereocenters. The number of hydrogen-bond acceptors (Lipinski definition) is 6. The molecule has 16 heavy (non-hydrogen) atoms. The largest absolute Gasteiger partial charge is 0.371 e. The van der Waals surface area contributed by atoms with Crippen LogP contribution in [0.1, 0.15) is 6.42 Å². The Balaban J connectivity index is 2.68. The Morgan fingerprint density at radius 2 is 2.25 bits per heavy atom. The zero-order valence-electron chi connectivity index (χ0n) is 8.75. The molecule has 0 aromatic heterocycles. The SMILES string of the molecule is CSCCC(N)C(=O)[C](C1CO1)S(=O)(=O)O. The molecule has 0 aliphatic carbocycles. The zero-order chi connectivity index (χ0) is 12.3. The van der Waals surface area contributed by atoms with E-state index in [0.29, 0.717) is 12.2 Å². The Morgan fingerprint density at radius 1 is 1.69 bits per heavy atom. The average Bonchev–Trinajstić information content (AvgIpc) is 2.96. The van der Waals surface area contributed by atoms with Crippen LogP contribution in [0.3, 0.4) is 0 Å². The lowest BCUT2D eigenvalue weighted by atomic mass is 10.1. The first-order valence-electron chi connectivity index (χ1n) is 4.62. The maximum atomic E-state index is 11.7. The summed E-state index contributed by atoms with van der Waals surface area (Å²) < 4.78 is 35.6. The number of rotatable bonds is 7. The van der Waals surface area contributed by atoms with Crippen molar-refractivity contribution in [2.75, 3.05) is 18.6 Å². The van der Waals surface area contributed by atoms with Crippen LogP contribution in [0.5, 0.6) is 0 Å². The number of hydrogen-bond donors (Lipinski definition) is 2. The van der Waals surface area contributed by atoms with Gasteiger partial charge in [-0.25, -0.2) is 0 Å². The Bertz CT molecular complexity index is 351. The minimum atomic E-state index is -4.52. The van der Waals surface area contributed by atoms with Gasteiger partial charge < -0.3 is 10.5 Å². The van der Waals surface area contributed by atoms with Crippen LogP contribution < -0.4 is 5.73 Å². The molecule has 0 bridgehead atoms. The minimum Gasteiger partial charge on any atom is -0.371 e. The summed E-state index contributed by atoms with van der Waals surface area (Å²) in [5, 5.41) is -0.610. The topological polar surface area (TPSA) is 110 Å². The molecule has 8 heteroatoms. The molecule has 6 nitrogen and oxygen atoms in total. The second kappa shape index (κ2) is 5.46. The van der Waals surface area contributed by atoms with Crippen molar-refractivity contribution in [3.8, 4) is 0 Å². The smallest absolute Gasteiger partial charge is 0.283 e. The number of carbonyl (C=O) groups excluding carboxylic acids is 1. The van der Waals surface area contributed by atoms with Crippen LogP contribution in [0.4, 0.5) is 0 Å². The monoisotopic (exact) mass is 268 g/mol. The average molecular weight is 268 g/mol. The van der Waals surface area contributed by atoms with Gasteiger partial charge in [0, 0.05) is 0 Å². The van der Waals surface area contributed by atoms with Crippen molar-refractivity contribution in [2.45, 2.75) is 18.6 Å². The van der Waals surface area contributed by atoms with E-state index >= 15 is 0 Å². The van der Waals surface area contributed by atoms with E-state index in [4.69, 9.17) is 15.0 Å². The summed E-state index contributed by atoms with van der Waals surface area (Å²) in [6.07, 6.45) is 1.41. The third kappa shape index (κ3) is 3.70. The summed E-state index contributed by atoms with van der Waals surface area (Å²) in [4.78, 5) is 11.7. The third-order valence-corrected chi connectivity index (χ3v) is 3.78. The third-order valence-electron chi connectivity index (χ3n) is 2.12. The normalized spacial score (nSPS) is 22.1. The van der Waals surface area contributed by atoms with Crippen molar-refractivity contribution in [3.05, 3.63) is 5.25 Å². The molecular weight excluding hydrogens is 254 g/mol. The predicted octanol–water partition coefficient (Wildman–Crippen LogP) is -0.546.